The van der Waals surface area contributed by atoms with Crippen LogP contribution in [0.3, 0.4) is 0 Å². The van der Waals surface area contributed by atoms with Crippen molar-refractivity contribution in [3.8, 4) is 11.5 Å². The standard InChI is InChI=1S/C12H14O5/c1-16-7-17-9-4-2-3-8(13)10(9)12(5-6-12)11(14)15/h2-4,13H,5-7H2,1H3,(H,14,15). The Bertz CT molecular complexity index is 437. The number of methoxy groups -OCH3 is 1. The van der Waals surface area contributed by atoms with E-state index in [1.54, 1.807) is 12.1 Å². The lowest BCUT2D eigenvalue weighted by Gasteiger charge is -2.17. The third-order valence-corrected chi connectivity index (χ3v) is 2.97. The summed E-state index contributed by atoms with van der Waals surface area (Å²) >= 11 is 0. The van der Waals surface area contributed by atoms with Crippen LogP contribution >= 0.6 is 0 Å². The van der Waals surface area contributed by atoms with Gasteiger partial charge in [0.05, 0.1) is 5.56 Å². The highest BCUT2D eigenvalue weighted by Gasteiger charge is 2.55. The van der Waals surface area contributed by atoms with E-state index < -0.39 is 11.4 Å². The first-order valence-corrected chi connectivity index (χ1v) is 5.29. The highest BCUT2D eigenvalue weighted by molar-refractivity contribution is 5.87. The minimum Gasteiger partial charge on any atom is -0.507 e. The normalized spacial score (nSPS) is 16.5. The summed E-state index contributed by atoms with van der Waals surface area (Å²) in [6.45, 7) is 0.0200. The van der Waals surface area contributed by atoms with E-state index in [0.29, 0.717) is 24.2 Å². The largest absolute Gasteiger partial charge is 0.507 e. The van der Waals surface area contributed by atoms with Gasteiger partial charge in [-0.2, -0.15) is 0 Å². The van der Waals surface area contributed by atoms with Crippen LogP contribution in [0.2, 0.25) is 0 Å². The number of carboxylic acids is 1. The lowest BCUT2D eigenvalue weighted by Crippen LogP contribution is -2.21. The van der Waals surface area contributed by atoms with Crippen LogP contribution in [-0.2, 0) is 14.9 Å². The van der Waals surface area contributed by atoms with Crippen molar-refractivity contribution in [3.05, 3.63) is 23.8 Å². The van der Waals surface area contributed by atoms with Crippen LogP contribution in [0.1, 0.15) is 18.4 Å². The van der Waals surface area contributed by atoms with Gasteiger partial charge in [-0.15, -0.1) is 0 Å². The first-order chi connectivity index (χ1) is 8.12. The molecule has 2 rings (SSSR count). The molecule has 1 saturated carbocycles. The van der Waals surface area contributed by atoms with Gasteiger partial charge in [0.25, 0.3) is 0 Å². The van der Waals surface area contributed by atoms with Gasteiger partial charge in [-0.3, -0.25) is 4.79 Å². The predicted molar refractivity (Wildman–Crippen MR) is 59.2 cm³/mol. The van der Waals surface area contributed by atoms with E-state index in [4.69, 9.17) is 9.47 Å². The number of phenols is 1. The van der Waals surface area contributed by atoms with E-state index in [0.717, 1.165) is 0 Å². The van der Waals surface area contributed by atoms with Gasteiger partial charge in [0, 0.05) is 7.11 Å². The molecule has 0 spiro atoms. The second-order valence-corrected chi connectivity index (χ2v) is 4.09. The Morgan fingerprint density at radius 1 is 1.47 bits per heavy atom. The van der Waals surface area contributed by atoms with E-state index in [1.807, 2.05) is 0 Å². The molecule has 0 radical (unpaired) electrons. The summed E-state index contributed by atoms with van der Waals surface area (Å²) in [5, 5.41) is 19.1. The van der Waals surface area contributed by atoms with Crippen molar-refractivity contribution < 1.29 is 24.5 Å². The average Bonchev–Trinajstić information content (AvgIpc) is 3.07. The molecule has 5 heteroatoms. The van der Waals surface area contributed by atoms with E-state index in [1.165, 1.54) is 13.2 Å². The van der Waals surface area contributed by atoms with Gasteiger partial charge in [0.2, 0.25) is 0 Å². The van der Waals surface area contributed by atoms with Crippen LogP contribution in [0.15, 0.2) is 18.2 Å². The molecule has 0 saturated heterocycles. The lowest BCUT2D eigenvalue weighted by atomic mass is 9.94. The molecule has 92 valence electrons. The molecule has 0 atom stereocenters. The Morgan fingerprint density at radius 3 is 2.71 bits per heavy atom. The molecule has 2 N–H and O–H groups in total. The monoisotopic (exact) mass is 238 g/mol. The maximum atomic E-state index is 11.3. The van der Waals surface area contributed by atoms with Crippen LogP contribution in [0.5, 0.6) is 11.5 Å². The average molecular weight is 238 g/mol. The zero-order valence-corrected chi connectivity index (χ0v) is 9.47. The van der Waals surface area contributed by atoms with Crippen LogP contribution < -0.4 is 4.74 Å². The Labute approximate surface area is 98.6 Å². The second kappa shape index (κ2) is 4.25. The molecule has 0 aliphatic heterocycles. The molecule has 0 heterocycles. The number of aromatic hydroxyl groups is 1. The van der Waals surface area contributed by atoms with Gasteiger partial charge in [0.1, 0.15) is 16.9 Å². The Hall–Kier alpha value is -1.75. The number of aliphatic carboxylic acids is 1. The number of hydrogen-bond acceptors (Lipinski definition) is 4. The number of hydrogen-bond donors (Lipinski definition) is 2. The fourth-order valence-corrected chi connectivity index (χ4v) is 1.94. The first-order valence-electron chi connectivity index (χ1n) is 5.29. The third-order valence-electron chi connectivity index (χ3n) is 2.97. The van der Waals surface area contributed by atoms with Crippen molar-refractivity contribution in [2.24, 2.45) is 0 Å². The summed E-state index contributed by atoms with van der Waals surface area (Å²) in [5.74, 6) is -0.605. The highest BCUT2D eigenvalue weighted by Crippen LogP contribution is 2.54. The van der Waals surface area contributed by atoms with Gasteiger partial charge < -0.3 is 19.7 Å². The first kappa shape index (κ1) is 11.7. The summed E-state index contributed by atoms with van der Waals surface area (Å²) in [7, 11) is 1.48. The molecule has 0 amide bonds. The fraction of sp³-hybridized carbons (Fsp3) is 0.417. The Morgan fingerprint density at radius 2 is 2.18 bits per heavy atom. The number of carboxylic acid groups (broad SMARTS) is 1. The van der Waals surface area contributed by atoms with E-state index in [2.05, 4.69) is 0 Å². The summed E-state index contributed by atoms with van der Waals surface area (Å²) in [5.41, 5.74) is -0.640. The number of rotatable bonds is 5. The SMILES string of the molecule is COCOc1cccc(O)c1C1(C(=O)O)CC1. The minimum absolute atomic E-state index is 0.0200. The molecule has 1 aromatic carbocycles. The molecular weight excluding hydrogens is 224 g/mol. The molecule has 0 aromatic heterocycles. The van der Waals surface area contributed by atoms with Crippen LogP contribution in [0.4, 0.5) is 0 Å². The molecule has 5 nitrogen and oxygen atoms in total. The van der Waals surface area contributed by atoms with Crippen molar-refractivity contribution >= 4 is 5.97 Å². The van der Waals surface area contributed by atoms with Gasteiger partial charge in [0.15, 0.2) is 6.79 Å². The fourth-order valence-electron chi connectivity index (χ4n) is 1.94. The predicted octanol–water partition coefficient (Wildman–Crippen LogP) is 1.49. The Kier molecular flexibility index (Phi) is 2.93. The number of phenolic OH excluding ortho intramolecular Hbond substituents is 1. The molecule has 0 bridgehead atoms. The van der Waals surface area contributed by atoms with Crippen LogP contribution in [0.25, 0.3) is 0 Å². The van der Waals surface area contributed by atoms with Crippen molar-refractivity contribution in [2.75, 3.05) is 13.9 Å². The molecule has 17 heavy (non-hydrogen) atoms. The summed E-state index contributed by atoms with van der Waals surface area (Å²) < 4.78 is 10.1. The number of ether oxygens (including phenoxy) is 2. The molecule has 1 aliphatic carbocycles. The van der Waals surface area contributed by atoms with Crippen molar-refractivity contribution in [1.29, 1.82) is 0 Å². The molecular formula is C12H14O5. The zero-order valence-electron chi connectivity index (χ0n) is 9.47. The van der Waals surface area contributed by atoms with Gasteiger partial charge >= 0.3 is 5.97 Å². The van der Waals surface area contributed by atoms with Crippen molar-refractivity contribution in [3.63, 3.8) is 0 Å². The summed E-state index contributed by atoms with van der Waals surface area (Å²) in [6.07, 6.45) is 1.03. The molecule has 1 fully saturated rings. The molecule has 1 aromatic rings. The van der Waals surface area contributed by atoms with Gasteiger partial charge in [-0.25, -0.2) is 0 Å². The summed E-state index contributed by atoms with van der Waals surface area (Å²) in [4.78, 5) is 11.3. The Balaban J connectivity index is 2.41. The van der Waals surface area contributed by atoms with Gasteiger partial charge in [-0.1, -0.05) is 6.07 Å². The number of carbonyl (C=O) groups is 1. The maximum absolute atomic E-state index is 11.3. The maximum Gasteiger partial charge on any atom is 0.314 e. The summed E-state index contributed by atoms with van der Waals surface area (Å²) in [6, 6.07) is 4.72. The lowest BCUT2D eigenvalue weighted by molar-refractivity contribution is -0.140. The van der Waals surface area contributed by atoms with Crippen LogP contribution in [-0.4, -0.2) is 30.1 Å². The number of benzene rings is 1. The van der Waals surface area contributed by atoms with E-state index in [9.17, 15) is 15.0 Å². The molecule has 0 unspecified atom stereocenters. The minimum atomic E-state index is -0.992. The quantitative estimate of drug-likeness (QED) is 0.760. The smallest absolute Gasteiger partial charge is 0.314 e. The zero-order chi connectivity index (χ0) is 12.5. The van der Waals surface area contributed by atoms with Crippen LogP contribution in [0, 0.1) is 0 Å². The molecule has 1 aliphatic rings. The topological polar surface area (TPSA) is 76.0 Å². The third kappa shape index (κ3) is 1.93. The van der Waals surface area contributed by atoms with E-state index in [-0.39, 0.29) is 12.5 Å². The van der Waals surface area contributed by atoms with Gasteiger partial charge in [-0.05, 0) is 25.0 Å². The van der Waals surface area contributed by atoms with E-state index >= 15 is 0 Å². The van der Waals surface area contributed by atoms with Crippen molar-refractivity contribution in [1.82, 2.24) is 0 Å². The second-order valence-electron chi connectivity index (χ2n) is 4.09. The van der Waals surface area contributed by atoms with Crippen molar-refractivity contribution in [2.45, 2.75) is 18.3 Å². The highest BCUT2D eigenvalue weighted by atomic mass is 16.7.